The predicted molar refractivity (Wildman–Crippen MR) is 160 cm³/mol. The summed E-state index contributed by atoms with van der Waals surface area (Å²) in [5, 5.41) is 1.00. The summed E-state index contributed by atoms with van der Waals surface area (Å²) in [7, 11) is 0. The average Bonchev–Trinajstić information content (AvgIpc) is 3.05. The highest BCUT2D eigenvalue weighted by Gasteiger charge is 2.15. The van der Waals surface area contributed by atoms with E-state index >= 15 is 0 Å². The number of fused-ring (bicyclic) bond motifs is 1. The highest BCUT2D eigenvalue weighted by atomic mass is 14.9. The third-order valence-corrected chi connectivity index (χ3v) is 6.72. The van der Waals surface area contributed by atoms with Crippen LogP contribution in [0.3, 0.4) is 0 Å². The van der Waals surface area contributed by atoms with E-state index in [1.807, 2.05) is 109 Å². The smallest absolute Gasteiger partial charge is 0.179 e. The van der Waals surface area contributed by atoms with E-state index in [9.17, 15) is 0 Å². The van der Waals surface area contributed by atoms with Crippen LogP contribution in [-0.4, -0.2) is 24.9 Å². The lowest BCUT2D eigenvalue weighted by atomic mass is 10.1. The van der Waals surface area contributed by atoms with Gasteiger partial charge >= 0.3 is 0 Å². The first-order chi connectivity index (χ1) is 19.8. The molecular weight excluding hydrogens is 490 g/mol. The van der Waals surface area contributed by atoms with Gasteiger partial charge in [-0.2, -0.15) is 0 Å². The SMILES string of the molecule is c1ccc(-c2cc(-c3cccc(-c4nc(-c5ccccc5)c5ccccc5n4)n3)nc(-c3ccccc3)n2)cc1. The minimum absolute atomic E-state index is 0.569. The monoisotopic (exact) mass is 513 g/mol. The second-order valence-corrected chi connectivity index (χ2v) is 9.38. The number of benzene rings is 4. The van der Waals surface area contributed by atoms with E-state index in [2.05, 4.69) is 30.3 Å². The Morgan fingerprint density at radius 3 is 1.68 bits per heavy atom. The molecule has 0 unspecified atom stereocenters. The van der Waals surface area contributed by atoms with Gasteiger partial charge in [-0.25, -0.2) is 24.9 Å². The fourth-order valence-corrected chi connectivity index (χ4v) is 4.76. The van der Waals surface area contributed by atoms with Crippen molar-refractivity contribution in [3.8, 4) is 56.8 Å². The van der Waals surface area contributed by atoms with Crippen LogP contribution in [0.25, 0.3) is 67.7 Å². The van der Waals surface area contributed by atoms with Crippen molar-refractivity contribution in [1.82, 2.24) is 24.9 Å². The van der Waals surface area contributed by atoms with Gasteiger partial charge in [-0.1, -0.05) is 115 Å². The average molecular weight is 514 g/mol. The fourth-order valence-electron chi connectivity index (χ4n) is 4.76. The van der Waals surface area contributed by atoms with Crippen molar-refractivity contribution in [2.24, 2.45) is 0 Å². The maximum atomic E-state index is 5.01. The molecule has 3 heterocycles. The molecule has 3 aromatic heterocycles. The molecule has 0 saturated heterocycles. The molecule has 40 heavy (non-hydrogen) atoms. The van der Waals surface area contributed by atoms with E-state index < -0.39 is 0 Å². The van der Waals surface area contributed by atoms with Crippen LogP contribution in [0.15, 0.2) is 140 Å². The van der Waals surface area contributed by atoms with Gasteiger partial charge in [0.15, 0.2) is 11.6 Å². The summed E-state index contributed by atoms with van der Waals surface area (Å²) in [5.74, 6) is 1.22. The van der Waals surface area contributed by atoms with Crippen LogP contribution < -0.4 is 0 Å². The first-order valence-corrected chi connectivity index (χ1v) is 13.1. The molecule has 0 aliphatic rings. The summed E-state index contributed by atoms with van der Waals surface area (Å²) in [5.41, 5.74) is 7.74. The Morgan fingerprint density at radius 1 is 0.325 bits per heavy atom. The van der Waals surface area contributed by atoms with E-state index in [-0.39, 0.29) is 0 Å². The zero-order chi connectivity index (χ0) is 26.7. The first kappa shape index (κ1) is 23.6. The lowest BCUT2D eigenvalue weighted by Gasteiger charge is -2.11. The largest absolute Gasteiger partial charge is 0.243 e. The topological polar surface area (TPSA) is 64.5 Å². The van der Waals surface area contributed by atoms with Crippen molar-refractivity contribution in [2.75, 3.05) is 0 Å². The quantitative estimate of drug-likeness (QED) is 0.232. The molecule has 5 nitrogen and oxygen atoms in total. The van der Waals surface area contributed by atoms with Crippen molar-refractivity contribution >= 4 is 10.9 Å². The lowest BCUT2D eigenvalue weighted by molar-refractivity contribution is 1.15. The Hall–Kier alpha value is -5.55. The maximum absolute atomic E-state index is 5.01. The Labute approximate surface area is 231 Å². The molecule has 0 aliphatic carbocycles. The van der Waals surface area contributed by atoms with Crippen molar-refractivity contribution in [3.63, 3.8) is 0 Å². The number of para-hydroxylation sites is 1. The fraction of sp³-hybridized carbons (Fsp3) is 0. The van der Waals surface area contributed by atoms with Crippen LogP contribution in [0.5, 0.6) is 0 Å². The second-order valence-electron chi connectivity index (χ2n) is 9.38. The van der Waals surface area contributed by atoms with E-state index in [1.54, 1.807) is 0 Å². The number of pyridine rings is 1. The highest BCUT2D eigenvalue weighted by Crippen LogP contribution is 2.30. The maximum Gasteiger partial charge on any atom is 0.179 e. The molecule has 4 aromatic carbocycles. The van der Waals surface area contributed by atoms with Crippen LogP contribution in [0.1, 0.15) is 0 Å². The molecule has 0 aliphatic heterocycles. The van der Waals surface area contributed by atoms with E-state index in [1.165, 1.54) is 0 Å². The van der Waals surface area contributed by atoms with Crippen LogP contribution >= 0.6 is 0 Å². The summed E-state index contributed by atoms with van der Waals surface area (Å²) in [6.45, 7) is 0. The molecule has 0 radical (unpaired) electrons. The molecule has 0 amide bonds. The molecular formula is C35H23N5. The van der Waals surface area contributed by atoms with Gasteiger partial charge in [-0.3, -0.25) is 0 Å². The van der Waals surface area contributed by atoms with Gasteiger partial charge in [0.1, 0.15) is 5.69 Å². The lowest BCUT2D eigenvalue weighted by Crippen LogP contribution is -1.99. The number of hydrogen-bond donors (Lipinski definition) is 0. The second kappa shape index (κ2) is 10.3. The Kier molecular flexibility index (Phi) is 6.07. The third kappa shape index (κ3) is 4.61. The van der Waals surface area contributed by atoms with Gasteiger partial charge in [0.05, 0.1) is 28.3 Å². The van der Waals surface area contributed by atoms with Crippen molar-refractivity contribution in [1.29, 1.82) is 0 Å². The van der Waals surface area contributed by atoms with Gasteiger partial charge in [-0.15, -0.1) is 0 Å². The molecule has 0 atom stereocenters. The summed E-state index contributed by atoms with van der Waals surface area (Å²) >= 11 is 0. The van der Waals surface area contributed by atoms with Gasteiger partial charge in [0.25, 0.3) is 0 Å². The van der Waals surface area contributed by atoms with Gasteiger partial charge in [-0.05, 0) is 24.3 Å². The van der Waals surface area contributed by atoms with Gasteiger partial charge in [0.2, 0.25) is 0 Å². The number of aromatic nitrogens is 5. The van der Waals surface area contributed by atoms with E-state index in [4.69, 9.17) is 24.9 Å². The van der Waals surface area contributed by atoms with Crippen molar-refractivity contribution < 1.29 is 0 Å². The number of nitrogens with zero attached hydrogens (tertiary/aromatic N) is 5. The molecule has 0 fully saturated rings. The Balaban J connectivity index is 1.38. The normalized spacial score (nSPS) is 11.0. The summed E-state index contributed by atoms with van der Waals surface area (Å²) in [4.78, 5) is 24.7. The standard InChI is InChI=1S/C35H23N5/c1-4-13-24(14-5-1)31-23-32(39-34(38-31)26-17-8-3-9-18-26)29-21-12-22-30(36-29)35-37-28-20-11-10-19-27(28)33(40-35)25-15-6-2-7-16-25/h1-23H. The minimum atomic E-state index is 0.569. The molecule has 0 N–H and O–H groups in total. The van der Waals surface area contributed by atoms with Crippen LogP contribution in [-0.2, 0) is 0 Å². The predicted octanol–water partition coefficient (Wildman–Crippen LogP) is 8.15. The molecule has 0 spiro atoms. The molecule has 7 rings (SSSR count). The zero-order valence-corrected chi connectivity index (χ0v) is 21.5. The van der Waals surface area contributed by atoms with Crippen LogP contribution in [0.2, 0.25) is 0 Å². The molecule has 0 saturated carbocycles. The Bertz CT molecular complexity index is 1880. The highest BCUT2D eigenvalue weighted by molar-refractivity contribution is 5.93. The minimum Gasteiger partial charge on any atom is -0.243 e. The summed E-state index contributed by atoms with van der Waals surface area (Å²) in [6.07, 6.45) is 0. The molecule has 7 aromatic rings. The third-order valence-electron chi connectivity index (χ3n) is 6.72. The van der Waals surface area contributed by atoms with Crippen molar-refractivity contribution in [3.05, 3.63) is 140 Å². The van der Waals surface area contributed by atoms with Gasteiger partial charge < -0.3 is 0 Å². The van der Waals surface area contributed by atoms with Crippen molar-refractivity contribution in [2.45, 2.75) is 0 Å². The number of rotatable bonds is 5. The van der Waals surface area contributed by atoms with Crippen LogP contribution in [0, 0.1) is 0 Å². The first-order valence-electron chi connectivity index (χ1n) is 13.1. The zero-order valence-electron chi connectivity index (χ0n) is 21.5. The van der Waals surface area contributed by atoms with E-state index in [0.29, 0.717) is 17.3 Å². The molecule has 188 valence electrons. The Morgan fingerprint density at radius 2 is 0.925 bits per heavy atom. The van der Waals surface area contributed by atoms with E-state index in [0.717, 1.165) is 50.4 Å². The molecule has 0 bridgehead atoms. The summed E-state index contributed by atoms with van der Waals surface area (Å²) < 4.78 is 0. The summed E-state index contributed by atoms with van der Waals surface area (Å²) in [6, 6.07) is 46.3. The van der Waals surface area contributed by atoms with Crippen LogP contribution in [0.4, 0.5) is 0 Å². The number of hydrogen-bond acceptors (Lipinski definition) is 5. The molecule has 5 heteroatoms. The van der Waals surface area contributed by atoms with Gasteiger partial charge in [0, 0.05) is 22.1 Å².